The lowest BCUT2D eigenvalue weighted by Crippen LogP contribution is -2.26. The molecule has 11 heteroatoms. The first-order valence-corrected chi connectivity index (χ1v) is 10.6. The van der Waals surface area contributed by atoms with Crippen LogP contribution in [0.1, 0.15) is 29.9 Å². The molecule has 172 valence electrons. The molecule has 8 nitrogen and oxygen atoms in total. The fourth-order valence-corrected chi connectivity index (χ4v) is 4.31. The number of aromatic nitrogens is 6. The fourth-order valence-electron chi connectivity index (χ4n) is 4.31. The predicted molar refractivity (Wildman–Crippen MR) is 115 cm³/mol. The van der Waals surface area contributed by atoms with Crippen LogP contribution >= 0.6 is 0 Å². The number of piperidine rings is 1. The molecule has 0 amide bonds. The fraction of sp³-hybridized carbons (Fsp3) is 0.364. The minimum absolute atomic E-state index is 0.0196. The second-order valence-electron chi connectivity index (χ2n) is 8.04. The summed E-state index contributed by atoms with van der Waals surface area (Å²) in [4.78, 5) is 8.59. The van der Waals surface area contributed by atoms with E-state index in [2.05, 4.69) is 30.6 Å². The summed E-state index contributed by atoms with van der Waals surface area (Å²) in [6, 6.07) is 5.31. The van der Waals surface area contributed by atoms with Crippen LogP contribution in [0.3, 0.4) is 0 Å². The van der Waals surface area contributed by atoms with Crippen LogP contribution in [0.25, 0.3) is 28.3 Å². The molecular weight excluding hydrogens is 435 g/mol. The van der Waals surface area contributed by atoms with Crippen molar-refractivity contribution in [3.05, 3.63) is 48.0 Å². The Labute approximate surface area is 187 Å². The molecule has 2 N–H and O–H groups in total. The number of fused-ring (bicyclic) bond motifs is 1. The molecule has 0 radical (unpaired) electrons. The molecule has 1 aliphatic rings. The summed E-state index contributed by atoms with van der Waals surface area (Å²) in [6.45, 7) is 1.90. The van der Waals surface area contributed by atoms with Crippen molar-refractivity contribution in [2.24, 2.45) is 0 Å². The number of aromatic amines is 1. The average Bonchev–Trinajstić information content (AvgIpc) is 3.45. The van der Waals surface area contributed by atoms with Gasteiger partial charge in [-0.25, -0.2) is 9.50 Å². The Bertz CT molecular complexity index is 1260. The third-order valence-electron chi connectivity index (χ3n) is 5.93. The monoisotopic (exact) mass is 457 g/mol. The van der Waals surface area contributed by atoms with Gasteiger partial charge in [-0.1, -0.05) is 6.07 Å². The van der Waals surface area contributed by atoms with E-state index < -0.39 is 12.6 Å². The Hall–Kier alpha value is -3.47. The van der Waals surface area contributed by atoms with Gasteiger partial charge in [0.25, 0.3) is 0 Å². The Morgan fingerprint density at radius 2 is 2.00 bits per heavy atom. The van der Waals surface area contributed by atoms with E-state index in [1.165, 1.54) is 18.0 Å². The largest absolute Gasteiger partial charge is 0.493 e. The number of hydrogen-bond acceptors (Lipinski definition) is 6. The summed E-state index contributed by atoms with van der Waals surface area (Å²) in [5.41, 5.74) is 2.84. The molecule has 0 aromatic carbocycles. The Kier molecular flexibility index (Phi) is 5.49. The van der Waals surface area contributed by atoms with Crippen LogP contribution in [0.2, 0.25) is 0 Å². The van der Waals surface area contributed by atoms with E-state index >= 15 is 0 Å². The van der Waals surface area contributed by atoms with Crippen molar-refractivity contribution >= 4 is 5.65 Å². The van der Waals surface area contributed by atoms with Crippen LogP contribution in [0.4, 0.5) is 13.2 Å². The summed E-state index contributed by atoms with van der Waals surface area (Å²) in [7, 11) is 1.47. The molecule has 1 fully saturated rings. The van der Waals surface area contributed by atoms with Gasteiger partial charge in [0.2, 0.25) is 0 Å². The molecular formula is C22H22F3N7O. The van der Waals surface area contributed by atoms with Crippen LogP contribution in [0.15, 0.2) is 36.9 Å². The van der Waals surface area contributed by atoms with Gasteiger partial charge in [0.1, 0.15) is 12.0 Å². The van der Waals surface area contributed by atoms with Crippen molar-refractivity contribution in [1.29, 1.82) is 0 Å². The van der Waals surface area contributed by atoms with Gasteiger partial charge in [0.05, 0.1) is 24.9 Å². The van der Waals surface area contributed by atoms with Crippen molar-refractivity contribution in [2.75, 3.05) is 20.2 Å². The van der Waals surface area contributed by atoms with Crippen molar-refractivity contribution in [3.8, 4) is 28.4 Å². The van der Waals surface area contributed by atoms with E-state index in [4.69, 9.17) is 4.74 Å². The number of pyridine rings is 2. The molecule has 5 rings (SSSR count). The van der Waals surface area contributed by atoms with E-state index in [1.807, 2.05) is 6.07 Å². The summed E-state index contributed by atoms with van der Waals surface area (Å²) in [6.07, 6.45) is 1.15. The summed E-state index contributed by atoms with van der Waals surface area (Å²) >= 11 is 0. The molecule has 0 atom stereocenters. The predicted octanol–water partition coefficient (Wildman–Crippen LogP) is 3.76. The molecule has 33 heavy (non-hydrogen) atoms. The maximum Gasteiger partial charge on any atom is 0.393 e. The number of methoxy groups -OCH3 is 1. The van der Waals surface area contributed by atoms with Crippen LogP contribution < -0.4 is 10.1 Å². The van der Waals surface area contributed by atoms with Gasteiger partial charge in [-0.15, -0.1) is 0 Å². The number of nitrogens with zero attached hydrogens (tertiary/aromatic N) is 5. The van der Waals surface area contributed by atoms with Gasteiger partial charge in [0.15, 0.2) is 11.4 Å². The zero-order valence-electron chi connectivity index (χ0n) is 17.9. The van der Waals surface area contributed by atoms with Crippen LogP contribution in [-0.4, -0.2) is 56.2 Å². The molecule has 0 unspecified atom stereocenters. The highest BCUT2D eigenvalue weighted by molar-refractivity contribution is 5.75. The number of rotatable bonds is 5. The van der Waals surface area contributed by atoms with E-state index in [-0.39, 0.29) is 17.0 Å². The van der Waals surface area contributed by atoms with E-state index in [1.54, 1.807) is 24.5 Å². The molecule has 1 saturated heterocycles. The van der Waals surface area contributed by atoms with E-state index in [9.17, 15) is 13.2 Å². The minimum atomic E-state index is -4.43. The zero-order valence-corrected chi connectivity index (χ0v) is 17.9. The molecule has 5 heterocycles. The van der Waals surface area contributed by atoms with E-state index in [0.717, 1.165) is 31.5 Å². The highest BCUT2D eigenvalue weighted by Crippen LogP contribution is 2.36. The maximum atomic E-state index is 13.5. The Morgan fingerprint density at radius 1 is 1.18 bits per heavy atom. The van der Waals surface area contributed by atoms with Crippen molar-refractivity contribution in [2.45, 2.75) is 31.4 Å². The van der Waals surface area contributed by atoms with Gasteiger partial charge < -0.3 is 10.1 Å². The molecule has 4 aromatic rings. The summed E-state index contributed by atoms with van der Waals surface area (Å²) in [5.74, 6) is 0.794. The number of ether oxygens (including phenoxy) is 1. The van der Waals surface area contributed by atoms with Gasteiger partial charge in [0, 0.05) is 23.5 Å². The maximum absolute atomic E-state index is 13.5. The number of hydrogen-bond donors (Lipinski definition) is 2. The normalized spacial score (nSPS) is 15.3. The van der Waals surface area contributed by atoms with Crippen molar-refractivity contribution < 1.29 is 17.9 Å². The van der Waals surface area contributed by atoms with Gasteiger partial charge >= 0.3 is 6.18 Å². The van der Waals surface area contributed by atoms with Crippen molar-refractivity contribution in [3.63, 3.8) is 0 Å². The first-order chi connectivity index (χ1) is 15.9. The minimum Gasteiger partial charge on any atom is -0.493 e. The number of alkyl halides is 3. The molecule has 4 aromatic heterocycles. The summed E-state index contributed by atoms with van der Waals surface area (Å²) in [5, 5.41) is 14.4. The van der Waals surface area contributed by atoms with Crippen LogP contribution in [0, 0.1) is 0 Å². The quantitative estimate of drug-likeness (QED) is 0.474. The third kappa shape index (κ3) is 4.28. The van der Waals surface area contributed by atoms with Crippen LogP contribution in [0.5, 0.6) is 5.75 Å². The first-order valence-electron chi connectivity index (χ1n) is 10.6. The summed E-state index contributed by atoms with van der Waals surface area (Å²) < 4.78 is 47.4. The Morgan fingerprint density at radius 3 is 2.70 bits per heavy atom. The lowest BCUT2D eigenvalue weighted by Gasteiger charge is -2.22. The molecule has 0 aliphatic carbocycles. The standard InChI is InChI=1S/C22H22F3N7O/c1-33-18-8-15(11-32-21(18)28-12-29-32)19-16(9-22(23,24)25)20(31-30-19)17-3-2-14(10-27-17)13-4-6-26-7-5-13/h2-3,8,10-13,26H,4-7,9H2,1H3,(H,30,31). The number of nitrogens with one attached hydrogen (secondary N) is 2. The zero-order chi connectivity index (χ0) is 23.0. The van der Waals surface area contributed by atoms with Crippen LogP contribution in [-0.2, 0) is 6.42 Å². The third-order valence-corrected chi connectivity index (χ3v) is 5.93. The SMILES string of the molecule is COc1cc(-c2[nH]nc(-c3ccc(C4CCNCC4)cn3)c2CC(F)(F)F)cn2ncnc12. The number of H-pyrrole nitrogens is 1. The average molecular weight is 457 g/mol. The second kappa shape index (κ2) is 8.47. The lowest BCUT2D eigenvalue weighted by molar-refractivity contribution is -0.127. The topological polar surface area (TPSA) is 93.0 Å². The highest BCUT2D eigenvalue weighted by atomic mass is 19.4. The molecule has 0 saturated carbocycles. The smallest absolute Gasteiger partial charge is 0.393 e. The Balaban J connectivity index is 1.56. The molecule has 0 bridgehead atoms. The first kappa shape index (κ1) is 21.4. The number of halogens is 3. The second-order valence-corrected chi connectivity index (χ2v) is 8.04. The lowest BCUT2D eigenvalue weighted by atomic mass is 9.91. The van der Waals surface area contributed by atoms with Gasteiger partial charge in [-0.3, -0.25) is 10.1 Å². The molecule has 1 aliphatic heterocycles. The molecule has 0 spiro atoms. The van der Waals surface area contributed by atoms with Crippen molar-refractivity contribution in [1.82, 2.24) is 35.1 Å². The van der Waals surface area contributed by atoms with Gasteiger partial charge in [-0.2, -0.15) is 23.4 Å². The van der Waals surface area contributed by atoms with Gasteiger partial charge in [-0.05, 0) is 49.5 Å². The highest BCUT2D eigenvalue weighted by Gasteiger charge is 2.33. The van der Waals surface area contributed by atoms with E-state index in [0.29, 0.717) is 28.6 Å².